The molecule has 3 aromatic carbocycles. The second-order valence-corrected chi connectivity index (χ2v) is 10.0. The highest BCUT2D eigenvalue weighted by Crippen LogP contribution is 2.24. The molecule has 6 heteroatoms. The van der Waals surface area contributed by atoms with E-state index in [4.69, 9.17) is 16.6 Å². The highest BCUT2D eigenvalue weighted by molar-refractivity contribution is 6.30. The number of carbonyl (C=O) groups excluding carboxylic acids is 1. The lowest BCUT2D eigenvalue weighted by Crippen LogP contribution is -2.38. The van der Waals surface area contributed by atoms with Gasteiger partial charge in [0.1, 0.15) is 5.82 Å². The number of piperidine rings is 1. The Morgan fingerprint density at radius 3 is 2.46 bits per heavy atom. The lowest BCUT2D eigenvalue weighted by Gasteiger charge is -2.31. The average Bonchev–Trinajstić information content (AvgIpc) is 3.20. The number of imidazole rings is 1. The molecule has 0 bridgehead atoms. The van der Waals surface area contributed by atoms with Crippen LogP contribution in [0.5, 0.6) is 0 Å². The van der Waals surface area contributed by atoms with Gasteiger partial charge in [0, 0.05) is 23.2 Å². The number of rotatable bonds is 6. The third-order valence-corrected chi connectivity index (χ3v) is 7.34. The third-order valence-electron chi connectivity index (χ3n) is 7.09. The van der Waals surface area contributed by atoms with Crippen molar-refractivity contribution in [3.8, 4) is 0 Å². The average molecular weight is 487 g/mol. The molecule has 5 rings (SSSR count). The molecule has 0 aliphatic carbocycles. The summed E-state index contributed by atoms with van der Waals surface area (Å²) in [5.41, 5.74) is 6.66. The van der Waals surface area contributed by atoms with Crippen LogP contribution in [0, 0.1) is 19.8 Å². The number of anilines is 1. The fourth-order valence-electron chi connectivity index (χ4n) is 4.81. The van der Waals surface area contributed by atoms with Crippen molar-refractivity contribution < 1.29 is 4.79 Å². The standard InChI is InChI=1S/C29H31ClN4O/c1-20-7-12-25(17-21(20)2)31-29(35)23-13-15-33(16-14-23)19-28-32-26-5-3-4-6-27(26)34(28)18-22-8-10-24(30)11-9-22/h3-12,17,23H,13-16,18-19H2,1-2H3,(H,31,35). The minimum absolute atomic E-state index is 0.0424. The summed E-state index contributed by atoms with van der Waals surface area (Å²) >= 11 is 6.09. The molecule has 0 atom stereocenters. The first kappa shape index (κ1) is 23.6. The van der Waals surface area contributed by atoms with Crippen molar-refractivity contribution in [1.29, 1.82) is 0 Å². The van der Waals surface area contributed by atoms with Gasteiger partial charge in [-0.15, -0.1) is 0 Å². The molecule has 0 unspecified atom stereocenters. The van der Waals surface area contributed by atoms with Crippen molar-refractivity contribution in [3.63, 3.8) is 0 Å². The number of benzene rings is 3. The highest BCUT2D eigenvalue weighted by atomic mass is 35.5. The molecule has 1 aliphatic heterocycles. The maximum Gasteiger partial charge on any atom is 0.227 e. The third kappa shape index (κ3) is 5.42. The molecule has 0 radical (unpaired) electrons. The number of para-hydroxylation sites is 2. The highest BCUT2D eigenvalue weighted by Gasteiger charge is 2.26. The Bertz CT molecular complexity index is 1340. The van der Waals surface area contributed by atoms with Gasteiger partial charge in [0.2, 0.25) is 5.91 Å². The van der Waals surface area contributed by atoms with E-state index in [1.54, 1.807) is 0 Å². The van der Waals surface area contributed by atoms with Gasteiger partial charge in [0.05, 0.1) is 17.6 Å². The summed E-state index contributed by atoms with van der Waals surface area (Å²) in [7, 11) is 0. The van der Waals surface area contributed by atoms with Crippen molar-refractivity contribution in [3.05, 3.63) is 94.3 Å². The molecule has 35 heavy (non-hydrogen) atoms. The molecule has 1 aliphatic rings. The summed E-state index contributed by atoms with van der Waals surface area (Å²) in [4.78, 5) is 20.2. The predicted octanol–water partition coefficient (Wildman–Crippen LogP) is 6.21. The molecule has 5 nitrogen and oxygen atoms in total. The van der Waals surface area contributed by atoms with Crippen LogP contribution in [0.1, 0.15) is 35.4 Å². The lowest BCUT2D eigenvalue weighted by molar-refractivity contribution is -0.121. The Morgan fingerprint density at radius 1 is 0.971 bits per heavy atom. The molecule has 1 amide bonds. The molecular formula is C29H31ClN4O. The van der Waals surface area contributed by atoms with E-state index in [-0.39, 0.29) is 11.8 Å². The molecule has 1 aromatic heterocycles. The Balaban J connectivity index is 1.25. The first-order valence-corrected chi connectivity index (χ1v) is 12.6. The van der Waals surface area contributed by atoms with Gasteiger partial charge >= 0.3 is 0 Å². The monoisotopic (exact) mass is 486 g/mol. The topological polar surface area (TPSA) is 50.2 Å². The Morgan fingerprint density at radius 2 is 1.71 bits per heavy atom. The van der Waals surface area contributed by atoms with E-state index < -0.39 is 0 Å². The number of fused-ring (bicyclic) bond motifs is 1. The van der Waals surface area contributed by atoms with Crippen LogP contribution in [0.15, 0.2) is 66.7 Å². The Hall–Kier alpha value is -3.15. The van der Waals surface area contributed by atoms with Gasteiger partial charge in [-0.3, -0.25) is 9.69 Å². The Kier molecular flexibility index (Phi) is 6.89. The molecule has 2 heterocycles. The summed E-state index contributed by atoms with van der Waals surface area (Å²) in [6, 6.07) is 22.4. The van der Waals surface area contributed by atoms with Crippen LogP contribution < -0.4 is 5.32 Å². The zero-order valence-electron chi connectivity index (χ0n) is 20.3. The first-order valence-electron chi connectivity index (χ1n) is 12.3. The van der Waals surface area contributed by atoms with Gasteiger partial charge in [-0.25, -0.2) is 4.98 Å². The number of nitrogens with one attached hydrogen (secondary N) is 1. The maximum absolute atomic E-state index is 12.9. The first-order chi connectivity index (χ1) is 17.0. The second-order valence-electron chi connectivity index (χ2n) is 9.57. The predicted molar refractivity (Wildman–Crippen MR) is 143 cm³/mol. The van der Waals surface area contributed by atoms with Crippen molar-refractivity contribution in [2.75, 3.05) is 18.4 Å². The van der Waals surface area contributed by atoms with Gasteiger partial charge < -0.3 is 9.88 Å². The number of hydrogen-bond acceptors (Lipinski definition) is 3. The van der Waals surface area contributed by atoms with Crippen LogP contribution in [-0.4, -0.2) is 33.4 Å². The van der Waals surface area contributed by atoms with Crippen LogP contribution in [-0.2, 0) is 17.9 Å². The van der Waals surface area contributed by atoms with Crippen LogP contribution in [0.2, 0.25) is 5.02 Å². The molecule has 0 spiro atoms. The van der Waals surface area contributed by atoms with E-state index in [1.165, 1.54) is 16.7 Å². The van der Waals surface area contributed by atoms with Gasteiger partial charge in [-0.05, 0) is 92.9 Å². The van der Waals surface area contributed by atoms with Gasteiger partial charge in [0.25, 0.3) is 0 Å². The molecular weight excluding hydrogens is 456 g/mol. The van der Waals surface area contributed by atoms with E-state index in [2.05, 4.69) is 65.0 Å². The van der Waals surface area contributed by atoms with Crippen LogP contribution >= 0.6 is 11.6 Å². The van der Waals surface area contributed by atoms with Crippen molar-refractivity contribution in [2.24, 2.45) is 5.92 Å². The van der Waals surface area contributed by atoms with E-state index in [0.29, 0.717) is 0 Å². The summed E-state index contributed by atoms with van der Waals surface area (Å²) in [6.07, 6.45) is 1.71. The number of amides is 1. The van der Waals surface area contributed by atoms with Crippen LogP contribution in [0.3, 0.4) is 0 Å². The minimum atomic E-state index is 0.0424. The molecule has 0 saturated carbocycles. The number of likely N-dealkylation sites (tertiary alicyclic amines) is 1. The maximum atomic E-state index is 12.9. The summed E-state index contributed by atoms with van der Waals surface area (Å²) in [6.45, 7) is 7.45. The zero-order chi connectivity index (χ0) is 24.4. The fourth-order valence-corrected chi connectivity index (χ4v) is 4.94. The number of carbonyl (C=O) groups is 1. The number of nitrogens with zero attached hydrogens (tertiary/aromatic N) is 3. The summed E-state index contributed by atoms with van der Waals surface area (Å²) in [5, 5.41) is 3.86. The molecule has 1 N–H and O–H groups in total. The zero-order valence-corrected chi connectivity index (χ0v) is 21.1. The summed E-state index contributed by atoms with van der Waals surface area (Å²) < 4.78 is 2.30. The number of aromatic nitrogens is 2. The van der Waals surface area contributed by atoms with Crippen molar-refractivity contribution in [2.45, 2.75) is 39.8 Å². The molecule has 180 valence electrons. The van der Waals surface area contributed by atoms with E-state index in [1.807, 2.05) is 30.3 Å². The molecule has 1 saturated heterocycles. The van der Waals surface area contributed by atoms with Crippen molar-refractivity contribution in [1.82, 2.24) is 14.5 Å². The largest absolute Gasteiger partial charge is 0.326 e. The normalized spacial score (nSPS) is 14.9. The molecule has 1 fully saturated rings. The van der Waals surface area contributed by atoms with E-state index in [9.17, 15) is 4.79 Å². The SMILES string of the molecule is Cc1ccc(NC(=O)C2CCN(Cc3nc4ccccc4n3Cc3ccc(Cl)cc3)CC2)cc1C. The van der Waals surface area contributed by atoms with Crippen molar-refractivity contribution >= 4 is 34.2 Å². The quantitative estimate of drug-likeness (QED) is 0.352. The Labute approximate surface area is 211 Å². The smallest absolute Gasteiger partial charge is 0.227 e. The number of aryl methyl sites for hydroxylation is 2. The van der Waals surface area contributed by atoms with E-state index >= 15 is 0 Å². The van der Waals surface area contributed by atoms with Crippen LogP contribution in [0.4, 0.5) is 5.69 Å². The number of hydrogen-bond donors (Lipinski definition) is 1. The lowest BCUT2D eigenvalue weighted by atomic mass is 9.95. The number of halogens is 1. The minimum Gasteiger partial charge on any atom is -0.326 e. The van der Waals surface area contributed by atoms with Crippen LogP contribution in [0.25, 0.3) is 11.0 Å². The molecule has 4 aromatic rings. The van der Waals surface area contributed by atoms with E-state index in [0.717, 1.165) is 66.6 Å². The van der Waals surface area contributed by atoms with Gasteiger partial charge in [-0.1, -0.05) is 41.9 Å². The fraction of sp³-hybridized carbons (Fsp3) is 0.310. The van der Waals surface area contributed by atoms with Gasteiger partial charge in [-0.2, -0.15) is 0 Å². The summed E-state index contributed by atoms with van der Waals surface area (Å²) in [5.74, 6) is 1.22. The van der Waals surface area contributed by atoms with Gasteiger partial charge in [0.15, 0.2) is 0 Å². The second kappa shape index (κ2) is 10.2.